The van der Waals surface area contributed by atoms with E-state index in [-0.39, 0.29) is 5.43 Å². The van der Waals surface area contributed by atoms with Crippen molar-refractivity contribution >= 4 is 0 Å². The summed E-state index contributed by atoms with van der Waals surface area (Å²) in [6, 6.07) is 20.2. The number of hydrogen-bond acceptors (Lipinski definition) is 2. The van der Waals surface area contributed by atoms with Crippen LogP contribution in [-0.4, -0.2) is 11.2 Å². The lowest BCUT2D eigenvalue weighted by Crippen LogP contribution is -2.13. The first-order valence-electron chi connectivity index (χ1n) is 8.71. The standard InChI is InChI=1S/C22H23NO2/c1-3-4-13-25-22-16-23(17(2)14-21(22)24)20-12-8-11-19(15-20)18-9-6-5-7-10-18/h5-12,14-16H,3-4,13H2,1-2H3. The van der Waals surface area contributed by atoms with E-state index in [0.717, 1.165) is 29.8 Å². The summed E-state index contributed by atoms with van der Waals surface area (Å²) >= 11 is 0. The number of nitrogens with zero attached hydrogens (tertiary/aromatic N) is 1. The zero-order chi connectivity index (χ0) is 17.6. The van der Waals surface area contributed by atoms with Gasteiger partial charge in [-0.05, 0) is 36.6 Å². The number of hydrogen-bond donors (Lipinski definition) is 0. The number of benzene rings is 2. The Morgan fingerprint density at radius 2 is 1.72 bits per heavy atom. The van der Waals surface area contributed by atoms with Crippen LogP contribution in [0, 0.1) is 6.92 Å². The Morgan fingerprint density at radius 1 is 0.960 bits per heavy atom. The second kappa shape index (κ2) is 7.84. The average molecular weight is 333 g/mol. The molecule has 1 aromatic heterocycles. The molecule has 0 saturated heterocycles. The molecule has 0 unspecified atom stereocenters. The number of aromatic nitrogens is 1. The number of ether oxygens (including phenoxy) is 1. The van der Waals surface area contributed by atoms with Crippen LogP contribution in [-0.2, 0) is 0 Å². The first kappa shape index (κ1) is 17.0. The summed E-state index contributed by atoms with van der Waals surface area (Å²) in [7, 11) is 0. The maximum Gasteiger partial charge on any atom is 0.223 e. The average Bonchev–Trinajstić information content (AvgIpc) is 2.64. The molecule has 0 bridgehead atoms. The summed E-state index contributed by atoms with van der Waals surface area (Å²) in [4.78, 5) is 12.2. The van der Waals surface area contributed by atoms with Crippen LogP contribution in [0.2, 0.25) is 0 Å². The van der Waals surface area contributed by atoms with E-state index in [0.29, 0.717) is 12.4 Å². The minimum Gasteiger partial charge on any atom is -0.488 e. The quantitative estimate of drug-likeness (QED) is 0.595. The van der Waals surface area contributed by atoms with Crippen molar-refractivity contribution in [2.75, 3.05) is 6.61 Å². The fraction of sp³-hybridized carbons (Fsp3) is 0.227. The SMILES string of the molecule is CCCCOc1cn(-c2cccc(-c3ccccc3)c2)c(C)cc1=O. The highest BCUT2D eigenvalue weighted by atomic mass is 16.5. The fourth-order valence-electron chi connectivity index (χ4n) is 2.79. The molecule has 0 aliphatic rings. The van der Waals surface area contributed by atoms with Gasteiger partial charge in [-0.1, -0.05) is 55.8 Å². The van der Waals surface area contributed by atoms with E-state index in [2.05, 4.69) is 31.2 Å². The zero-order valence-electron chi connectivity index (χ0n) is 14.7. The Balaban J connectivity index is 1.99. The monoisotopic (exact) mass is 333 g/mol. The molecule has 128 valence electrons. The van der Waals surface area contributed by atoms with Crippen molar-refractivity contribution in [3.05, 3.63) is 82.8 Å². The lowest BCUT2D eigenvalue weighted by atomic mass is 10.1. The van der Waals surface area contributed by atoms with E-state index in [1.807, 2.05) is 41.8 Å². The van der Waals surface area contributed by atoms with Crippen LogP contribution in [0.4, 0.5) is 0 Å². The summed E-state index contributed by atoms with van der Waals surface area (Å²) in [5.41, 5.74) is 4.15. The van der Waals surface area contributed by atoms with Gasteiger partial charge in [-0.15, -0.1) is 0 Å². The normalized spacial score (nSPS) is 10.6. The van der Waals surface area contributed by atoms with Crippen molar-refractivity contribution < 1.29 is 4.74 Å². The third kappa shape index (κ3) is 4.00. The molecule has 0 radical (unpaired) electrons. The molecule has 0 amide bonds. The largest absolute Gasteiger partial charge is 0.488 e. The second-order valence-corrected chi connectivity index (χ2v) is 6.13. The van der Waals surface area contributed by atoms with Crippen LogP contribution in [0.1, 0.15) is 25.5 Å². The van der Waals surface area contributed by atoms with E-state index in [4.69, 9.17) is 4.74 Å². The Kier molecular flexibility index (Phi) is 5.34. The molecule has 0 fully saturated rings. The third-order valence-electron chi connectivity index (χ3n) is 4.20. The molecule has 0 N–H and O–H groups in total. The molecule has 0 aliphatic heterocycles. The Labute approximate surface area is 148 Å². The van der Waals surface area contributed by atoms with Crippen LogP contribution in [0.5, 0.6) is 5.75 Å². The smallest absolute Gasteiger partial charge is 0.223 e. The van der Waals surface area contributed by atoms with Crippen LogP contribution in [0.25, 0.3) is 16.8 Å². The van der Waals surface area contributed by atoms with Gasteiger partial charge in [-0.3, -0.25) is 4.79 Å². The highest BCUT2D eigenvalue weighted by molar-refractivity contribution is 5.66. The molecule has 25 heavy (non-hydrogen) atoms. The summed E-state index contributed by atoms with van der Waals surface area (Å²) in [5, 5.41) is 0. The molecule has 3 nitrogen and oxygen atoms in total. The highest BCUT2D eigenvalue weighted by Crippen LogP contribution is 2.23. The molecule has 1 heterocycles. The van der Waals surface area contributed by atoms with Gasteiger partial charge >= 0.3 is 0 Å². The lowest BCUT2D eigenvalue weighted by Gasteiger charge is -2.14. The maximum atomic E-state index is 12.2. The van der Waals surface area contributed by atoms with Crippen LogP contribution in [0.15, 0.2) is 71.7 Å². The zero-order valence-corrected chi connectivity index (χ0v) is 14.7. The van der Waals surface area contributed by atoms with E-state index < -0.39 is 0 Å². The summed E-state index contributed by atoms with van der Waals surface area (Å²) in [6.45, 7) is 4.61. The topological polar surface area (TPSA) is 31.2 Å². The van der Waals surface area contributed by atoms with E-state index >= 15 is 0 Å². The van der Waals surface area contributed by atoms with Gasteiger partial charge < -0.3 is 9.30 Å². The predicted molar refractivity (Wildman–Crippen MR) is 103 cm³/mol. The number of unbranched alkanes of at least 4 members (excludes halogenated alkanes) is 1. The number of aryl methyl sites for hydroxylation is 1. The Morgan fingerprint density at radius 3 is 2.48 bits per heavy atom. The van der Waals surface area contributed by atoms with E-state index in [1.54, 1.807) is 12.3 Å². The van der Waals surface area contributed by atoms with Crippen molar-refractivity contribution in [1.82, 2.24) is 4.57 Å². The van der Waals surface area contributed by atoms with Gasteiger partial charge in [0.2, 0.25) is 5.43 Å². The number of rotatable bonds is 6. The third-order valence-corrected chi connectivity index (χ3v) is 4.20. The van der Waals surface area contributed by atoms with Gasteiger partial charge in [0.05, 0.1) is 12.8 Å². The van der Waals surface area contributed by atoms with Gasteiger partial charge in [0.1, 0.15) is 0 Å². The van der Waals surface area contributed by atoms with Gasteiger partial charge in [0.25, 0.3) is 0 Å². The number of pyridine rings is 1. The van der Waals surface area contributed by atoms with Gasteiger partial charge in [0.15, 0.2) is 5.75 Å². The summed E-state index contributed by atoms with van der Waals surface area (Å²) in [5.74, 6) is 0.407. The molecule has 0 atom stereocenters. The highest BCUT2D eigenvalue weighted by Gasteiger charge is 2.08. The second-order valence-electron chi connectivity index (χ2n) is 6.13. The predicted octanol–water partition coefficient (Wildman–Crippen LogP) is 4.99. The summed E-state index contributed by atoms with van der Waals surface area (Å²) < 4.78 is 7.68. The van der Waals surface area contributed by atoms with Gasteiger partial charge in [0, 0.05) is 17.4 Å². The molecule has 0 spiro atoms. The molecule has 3 heteroatoms. The Bertz CT molecular complexity index is 897. The van der Waals surface area contributed by atoms with Crippen molar-refractivity contribution in [3.8, 4) is 22.6 Å². The van der Waals surface area contributed by atoms with Crippen molar-refractivity contribution in [2.45, 2.75) is 26.7 Å². The molecule has 0 aliphatic carbocycles. The van der Waals surface area contributed by atoms with Crippen molar-refractivity contribution in [3.63, 3.8) is 0 Å². The van der Waals surface area contributed by atoms with Crippen molar-refractivity contribution in [1.29, 1.82) is 0 Å². The van der Waals surface area contributed by atoms with Gasteiger partial charge in [-0.25, -0.2) is 0 Å². The van der Waals surface area contributed by atoms with Crippen molar-refractivity contribution in [2.24, 2.45) is 0 Å². The molecule has 3 aromatic rings. The molecule has 2 aromatic carbocycles. The van der Waals surface area contributed by atoms with Crippen LogP contribution < -0.4 is 10.2 Å². The maximum absolute atomic E-state index is 12.2. The fourth-order valence-corrected chi connectivity index (χ4v) is 2.79. The summed E-state index contributed by atoms with van der Waals surface area (Å²) in [6.07, 6.45) is 3.79. The molecular weight excluding hydrogens is 310 g/mol. The minimum atomic E-state index is -0.0657. The van der Waals surface area contributed by atoms with Crippen LogP contribution in [0.3, 0.4) is 0 Å². The Hall–Kier alpha value is -2.81. The van der Waals surface area contributed by atoms with E-state index in [9.17, 15) is 4.79 Å². The minimum absolute atomic E-state index is 0.0657. The molecule has 3 rings (SSSR count). The van der Waals surface area contributed by atoms with Crippen LogP contribution >= 0.6 is 0 Å². The first-order chi connectivity index (χ1) is 12.2. The van der Waals surface area contributed by atoms with Gasteiger partial charge in [-0.2, -0.15) is 0 Å². The van der Waals surface area contributed by atoms with E-state index in [1.165, 1.54) is 5.56 Å². The first-order valence-corrected chi connectivity index (χ1v) is 8.71. The lowest BCUT2D eigenvalue weighted by molar-refractivity contribution is 0.304. The molecule has 0 saturated carbocycles. The molecular formula is C22H23NO2.